The molecule has 136 valence electrons. The number of carbonyl (C=O) groups is 1. The molecule has 0 bridgehead atoms. The van der Waals surface area contributed by atoms with E-state index in [1.807, 2.05) is 17.9 Å². The monoisotopic (exact) mass is 356 g/mol. The van der Waals surface area contributed by atoms with Crippen LogP contribution in [-0.4, -0.2) is 37.0 Å². The summed E-state index contributed by atoms with van der Waals surface area (Å²) < 4.78 is 13.2. The van der Waals surface area contributed by atoms with Gasteiger partial charge in [0.2, 0.25) is 5.91 Å². The molecule has 1 unspecified atom stereocenters. The predicted molar refractivity (Wildman–Crippen MR) is 99.0 cm³/mol. The van der Waals surface area contributed by atoms with Crippen LogP contribution in [0.3, 0.4) is 0 Å². The zero-order valence-corrected chi connectivity index (χ0v) is 15.6. The number of nitrogens with zero attached hydrogens (tertiary/aromatic N) is 1. The number of hydrogen-bond acceptors (Lipinski definition) is 2. The maximum Gasteiger partial charge on any atom is 0.225 e. The van der Waals surface area contributed by atoms with Crippen molar-refractivity contribution in [2.45, 2.75) is 39.5 Å². The first kappa shape index (κ1) is 20.9. The van der Waals surface area contributed by atoms with E-state index in [2.05, 4.69) is 12.2 Å². The van der Waals surface area contributed by atoms with Gasteiger partial charge in [0.15, 0.2) is 0 Å². The van der Waals surface area contributed by atoms with Crippen LogP contribution in [0.4, 0.5) is 4.39 Å². The molecular weight excluding hydrogens is 327 g/mol. The van der Waals surface area contributed by atoms with E-state index in [1.54, 1.807) is 12.1 Å². The van der Waals surface area contributed by atoms with Crippen molar-refractivity contribution < 1.29 is 9.18 Å². The van der Waals surface area contributed by atoms with Gasteiger partial charge in [-0.05, 0) is 62.4 Å². The molecule has 1 aliphatic heterocycles. The Balaban J connectivity index is 0.00000288. The minimum Gasteiger partial charge on any atom is -0.342 e. The molecule has 1 aromatic carbocycles. The van der Waals surface area contributed by atoms with E-state index in [1.165, 1.54) is 6.07 Å². The highest BCUT2D eigenvalue weighted by Crippen LogP contribution is 2.20. The van der Waals surface area contributed by atoms with Gasteiger partial charge < -0.3 is 10.2 Å². The molecule has 1 fully saturated rings. The summed E-state index contributed by atoms with van der Waals surface area (Å²) in [6, 6.07) is 6.66. The highest BCUT2D eigenvalue weighted by atomic mass is 35.5. The molecule has 24 heavy (non-hydrogen) atoms. The third kappa shape index (κ3) is 6.40. The molecule has 1 atom stereocenters. The van der Waals surface area contributed by atoms with Crippen LogP contribution in [0.25, 0.3) is 0 Å². The van der Waals surface area contributed by atoms with Crippen LogP contribution in [-0.2, 0) is 11.2 Å². The Hall–Kier alpha value is -1.13. The summed E-state index contributed by atoms with van der Waals surface area (Å²) >= 11 is 0. The molecular formula is C19H30ClFN2O. The van der Waals surface area contributed by atoms with Gasteiger partial charge in [-0.1, -0.05) is 26.0 Å². The Morgan fingerprint density at radius 1 is 1.38 bits per heavy atom. The van der Waals surface area contributed by atoms with Gasteiger partial charge in [0.05, 0.1) is 0 Å². The van der Waals surface area contributed by atoms with Crippen molar-refractivity contribution in [3.05, 3.63) is 35.6 Å². The zero-order chi connectivity index (χ0) is 16.7. The van der Waals surface area contributed by atoms with Gasteiger partial charge in [-0.3, -0.25) is 4.79 Å². The molecule has 1 aliphatic rings. The van der Waals surface area contributed by atoms with E-state index < -0.39 is 0 Å². The largest absolute Gasteiger partial charge is 0.342 e. The van der Waals surface area contributed by atoms with Crippen LogP contribution in [0.1, 0.15) is 38.7 Å². The Morgan fingerprint density at radius 2 is 2.08 bits per heavy atom. The molecule has 1 N–H and O–H groups in total. The van der Waals surface area contributed by atoms with Crippen molar-refractivity contribution in [2.75, 3.05) is 26.2 Å². The SMILES string of the molecule is CCNCC1CCN(C(=O)C(C)CCc2cccc(F)c2)CC1.Cl. The number of likely N-dealkylation sites (tertiary alicyclic amines) is 1. The maximum atomic E-state index is 13.2. The van der Waals surface area contributed by atoms with E-state index in [-0.39, 0.29) is 30.0 Å². The number of aryl methyl sites for hydroxylation is 1. The van der Waals surface area contributed by atoms with Gasteiger partial charge in [-0.25, -0.2) is 4.39 Å². The van der Waals surface area contributed by atoms with Crippen molar-refractivity contribution in [3.8, 4) is 0 Å². The van der Waals surface area contributed by atoms with Gasteiger partial charge in [-0.2, -0.15) is 0 Å². The number of hydrogen-bond donors (Lipinski definition) is 1. The average molecular weight is 357 g/mol. The second kappa shape index (κ2) is 10.7. The standard InChI is InChI=1S/C19H29FN2O.ClH/c1-3-21-14-17-9-11-22(12-10-17)19(23)15(2)7-8-16-5-4-6-18(20)13-16;/h4-6,13,15,17,21H,3,7-12,14H2,1-2H3;1H. The van der Waals surface area contributed by atoms with Crippen LogP contribution in [0, 0.1) is 17.7 Å². The summed E-state index contributed by atoms with van der Waals surface area (Å²) in [5, 5.41) is 3.39. The van der Waals surface area contributed by atoms with Crippen molar-refractivity contribution in [2.24, 2.45) is 11.8 Å². The van der Waals surface area contributed by atoms with Crippen LogP contribution in [0.15, 0.2) is 24.3 Å². The average Bonchev–Trinajstić information content (AvgIpc) is 2.57. The third-order valence-electron chi connectivity index (χ3n) is 4.79. The van der Waals surface area contributed by atoms with Gasteiger partial charge in [0, 0.05) is 19.0 Å². The fourth-order valence-corrected chi connectivity index (χ4v) is 3.22. The Morgan fingerprint density at radius 3 is 2.71 bits per heavy atom. The van der Waals surface area contributed by atoms with Gasteiger partial charge in [0.1, 0.15) is 5.82 Å². The molecule has 0 aliphatic carbocycles. The van der Waals surface area contributed by atoms with Crippen LogP contribution in [0.5, 0.6) is 0 Å². The van der Waals surface area contributed by atoms with Crippen molar-refractivity contribution in [1.82, 2.24) is 10.2 Å². The van der Waals surface area contributed by atoms with Crippen LogP contribution < -0.4 is 5.32 Å². The lowest BCUT2D eigenvalue weighted by Crippen LogP contribution is -2.43. The normalized spacial score (nSPS) is 16.5. The molecule has 1 heterocycles. The van der Waals surface area contributed by atoms with Gasteiger partial charge in [0.25, 0.3) is 0 Å². The first-order valence-corrected chi connectivity index (χ1v) is 8.84. The number of amides is 1. The van der Waals surface area contributed by atoms with E-state index in [0.717, 1.165) is 57.4 Å². The Labute approximate surface area is 151 Å². The first-order valence-electron chi connectivity index (χ1n) is 8.84. The van der Waals surface area contributed by atoms with E-state index >= 15 is 0 Å². The summed E-state index contributed by atoms with van der Waals surface area (Å²) in [6.07, 6.45) is 3.71. The summed E-state index contributed by atoms with van der Waals surface area (Å²) in [5.41, 5.74) is 0.967. The number of rotatable bonds is 7. The number of nitrogens with one attached hydrogen (secondary N) is 1. The molecule has 0 aromatic heterocycles. The highest BCUT2D eigenvalue weighted by Gasteiger charge is 2.25. The third-order valence-corrected chi connectivity index (χ3v) is 4.79. The molecule has 2 rings (SSSR count). The van der Waals surface area contributed by atoms with Gasteiger partial charge in [-0.15, -0.1) is 12.4 Å². The minimum absolute atomic E-state index is 0. The molecule has 5 heteroatoms. The smallest absolute Gasteiger partial charge is 0.225 e. The zero-order valence-electron chi connectivity index (χ0n) is 14.8. The molecule has 0 spiro atoms. The number of carbonyl (C=O) groups excluding carboxylic acids is 1. The number of halogens is 2. The quantitative estimate of drug-likeness (QED) is 0.808. The van der Waals surface area contributed by atoms with Gasteiger partial charge >= 0.3 is 0 Å². The molecule has 1 saturated heterocycles. The lowest BCUT2D eigenvalue weighted by molar-refractivity contribution is -0.136. The van der Waals surface area contributed by atoms with E-state index in [0.29, 0.717) is 5.92 Å². The lowest BCUT2D eigenvalue weighted by atomic mass is 9.94. The second-order valence-corrected chi connectivity index (χ2v) is 6.65. The predicted octanol–water partition coefficient (Wildman–Crippen LogP) is 3.66. The first-order chi connectivity index (χ1) is 11.1. The maximum absolute atomic E-state index is 13.2. The van der Waals surface area contributed by atoms with Crippen LogP contribution >= 0.6 is 12.4 Å². The fraction of sp³-hybridized carbons (Fsp3) is 0.632. The molecule has 1 amide bonds. The number of piperidine rings is 1. The fourth-order valence-electron chi connectivity index (χ4n) is 3.22. The molecule has 3 nitrogen and oxygen atoms in total. The van der Waals surface area contributed by atoms with Crippen molar-refractivity contribution >= 4 is 18.3 Å². The Kier molecular flexibility index (Phi) is 9.30. The minimum atomic E-state index is -0.204. The molecule has 1 aromatic rings. The summed E-state index contributed by atoms with van der Waals surface area (Å²) in [6.45, 7) is 7.94. The highest BCUT2D eigenvalue weighted by molar-refractivity contribution is 5.85. The summed E-state index contributed by atoms with van der Waals surface area (Å²) in [7, 11) is 0. The Bertz CT molecular complexity index is 504. The lowest BCUT2D eigenvalue weighted by Gasteiger charge is -2.33. The number of benzene rings is 1. The van der Waals surface area contributed by atoms with E-state index in [4.69, 9.17) is 0 Å². The summed E-state index contributed by atoms with van der Waals surface area (Å²) in [4.78, 5) is 14.6. The second-order valence-electron chi connectivity index (χ2n) is 6.65. The van der Waals surface area contributed by atoms with Crippen molar-refractivity contribution in [1.29, 1.82) is 0 Å². The molecule has 0 saturated carbocycles. The van der Waals surface area contributed by atoms with Crippen LogP contribution in [0.2, 0.25) is 0 Å². The topological polar surface area (TPSA) is 32.3 Å². The van der Waals surface area contributed by atoms with E-state index in [9.17, 15) is 9.18 Å². The molecule has 0 radical (unpaired) electrons. The van der Waals surface area contributed by atoms with Crippen molar-refractivity contribution in [3.63, 3.8) is 0 Å². The summed E-state index contributed by atoms with van der Waals surface area (Å²) in [5.74, 6) is 0.748.